The fourth-order valence-corrected chi connectivity index (χ4v) is 5.34. The number of imidazole rings is 1. The molecular formula is C20H22N4OS2. The van der Waals surface area contributed by atoms with Crippen LogP contribution in [-0.4, -0.2) is 18.9 Å². The third-order valence-electron chi connectivity index (χ3n) is 4.80. The van der Waals surface area contributed by atoms with Gasteiger partial charge in [-0.2, -0.15) is 0 Å². The van der Waals surface area contributed by atoms with Crippen LogP contribution in [0.4, 0.5) is 0 Å². The van der Waals surface area contributed by atoms with E-state index in [4.69, 9.17) is 9.97 Å². The van der Waals surface area contributed by atoms with Gasteiger partial charge in [0, 0.05) is 29.1 Å². The zero-order valence-electron chi connectivity index (χ0n) is 16.1. The molecule has 7 heteroatoms. The standard InChI is InChI=1S/C20H22N4OS2/c1-11(2)24-19(25)16-13(4)14(5)27-18(16)22-20(24)26-10-15-9-23-8-6-7-12(3)17(23)21-15/h6-9,11H,10H2,1-5H3. The zero-order chi connectivity index (χ0) is 19.3. The number of thiophene rings is 1. The van der Waals surface area contributed by atoms with E-state index < -0.39 is 0 Å². The van der Waals surface area contributed by atoms with E-state index in [0.29, 0.717) is 5.75 Å². The smallest absolute Gasteiger partial charge is 0.263 e. The Bertz CT molecular complexity index is 1220. The van der Waals surface area contributed by atoms with E-state index in [-0.39, 0.29) is 11.6 Å². The first-order valence-corrected chi connectivity index (χ1v) is 10.7. The van der Waals surface area contributed by atoms with Gasteiger partial charge in [-0.05, 0) is 51.8 Å². The second kappa shape index (κ2) is 6.80. The molecule has 4 aromatic heterocycles. The second-order valence-electron chi connectivity index (χ2n) is 7.07. The molecule has 0 spiro atoms. The topological polar surface area (TPSA) is 52.2 Å². The normalized spacial score (nSPS) is 11.9. The number of rotatable bonds is 4. The van der Waals surface area contributed by atoms with Crippen molar-refractivity contribution in [2.75, 3.05) is 0 Å². The summed E-state index contributed by atoms with van der Waals surface area (Å²) in [6, 6.07) is 4.14. The highest BCUT2D eigenvalue weighted by atomic mass is 32.2. The number of hydrogen-bond donors (Lipinski definition) is 0. The van der Waals surface area contributed by atoms with Crippen molar-refractivity contribution in [3.63, 3.8) is 0 Å². The molecule has 0 amide bonds. The number of pyridine rings is 1. The SMILES string of the molecule is Cc1sc2nc(SCc3cn4cccc(C)c4n3)n(C(C)C)c(=O)c2c1C. The van der Waals surface area contributed by atoms with E-state index >= 15 is 0 Å². The van der Waals surface area contributed by atoms with Crippen LogP contribution in [0.5, 0.6) is 0 Å². The molecule has 0 saturated carbocycles. The van der Waals surface area contributed by atoms with Crippen LogP contribution in [0.15, 0.2) is 34.5 Å². The molecule has 0 aromatic carbocycles. The number of nitrogens with zero attached hydrogens (tertiary/aromatic N) is 4. The van der Waals surface area contributed by atoms with E-state index in [1.807, 2.05) is 55.1 Å². The van der Waals surface area contributed by atoms with Crippen LogP contribution >= 0.6 is 23.1 Å². The summed E-state index contributed by atoms with van der Waals surface area (Å²) in [5.41, 5.74) is 4.22. The zero-order valence-corrected chi connectivity index (χ0v) is 17.7. The molecule has 0 N–H and O–H groups in total. The molecule has 140 valence electrons. The van der Waals surface area contributed by atoms with Crippen molar-refractivity contribution in [2.45, 2.75) is 51.6 Å². The van der Waals surface area contributed by atoms with Crippen LogP contribution in [0.2, 0.25) is 0 Å². The molecule has 0 atom stereocenters. The highest BCUT2D eigenvalue weighted by Gasteiger charge is 2.18. The van der Waals surface area contributed by atoms with Gasteiger partial charge in [0.1, 0.15) is 10.5 Å². The molecule has 4 aromatic rings. The van der Waals surface area contributed by atoms with E-state index in [1.54, 1.807) is 23.1 Å². The Morgan fingerprint density at radius 1 is 1.22 bits per heavy atom. The third kappa shape index (κ3) is 3.08. The highest BCUT2D eigenvalue weighted by Crippen LogP contribution is 2.30. The van der Waals surface area contributed by atoms with Crippen molar-refractivity contribution in [1.29, 1.82) is 0 Å². The van der Waals surface area contributed by atoms with E-state index in [0.717, 1.165) is 42.7 Å². The number of hydrogen-bond acceptors (Lipinski definition) is 5. The van der Waals surface area contributed by atoms with Crippen LogP contribution in [0, 0.1) is 20.8 Å². The van der Waals surface area contributed by atoms with Crippen LogP contribution in [0.1, 0.15) is 41.6 Å². The minimum Gasteiger partial charge on any atom is -0.307 e. The Balaban J connectivity index is 1.75. The van der Waals surface area contributed by atoms with Gasteiger partial charge in [0.15, 0.2) is 5.16 Å². The summed E-state index contributed by atoms with van der Waals surface area (Å²) in [5, 5.41) is 1.52. The Labute approximate surface area is 166 Å². The largest absolute Gasteiger partial charge is 0.307 e. The second-order valence-corrected chi connectivity index (χ2v) is 9.22. The van der Waals surface area contributed by atoms with Gasteiger partial charge in [-0.25, -0.2) is 9.97 Å². The Morgan fingerprint density at radius 2 is 2.00 bits per heavy atom. The number of thioether (sulfide) groups is 1. The number of aromatic nitrogens is 4. The maximum absolute atomic E-state index is 13.1. The molecule has 0 aliphatic rings. The van der Waals surface area contributed by atoms with Gasteiger partial charge in [-0.1, -0.05) is 17.8 Å². The summed E-state index contributed by atoms with van der Waals surface area (Å²) in [7, 11) is 0. The van der Waals surface area contributed by atoms with Crippen molar-refractivity contribution >= 4 is 39.0 Å². The number of fused-ring (bicyclic) bond motifs is 2. The molecule has 4 rings (SSSR count). The highest BCUT2D eigenvalue weighted by molar-refractivity contribution is 7.98. The van der Waals surface area contributed by atoms with Crippen LogP contribution in [0.25, 0.3) is 15.9 Å². The van der Waals surface area contributed by atoms with Gasteiger partial charge in [0.2, 0.25) is 0 Å². The van der Waals surface area contributed by atoms with Crippen molar-refractivity contribution in [3.8, 4) is 0 Å². The number of aryl methyl sites for hydroxylation is 3. The van der Waals surface area contributed by atoms with Crippen LogP contribution in [-0.2, 0) is 5.75 Å². The molecule has 27 heavy (non-hydrogen) atoms. The van der Waals surface area contributed by atoms with E-state index in [1.165, 1.54) is 0 Å². The fourth-order valence-electron chi connectivity index (χ4n) is 3.26. The first-order chi connectivity index (χ1) is 12.9. The lowest BCUT2D eigenvalue weighted by Crippen LogP contribution is -2.24. The van der Waals surface area contributed by atoms with Gasteiger partial charge < -0.3 is 4.40 Å². The van der Waals surface area contributed by atoms with Gasteiger partial charge in [0.05, 0.1) is 11.1 Å². The Hall–Kier alpha value is -2.12. The fraction of sp³-hybridized carbons (Fsp3) is 0.350. The van der Waals surface area contributed by atoms with E-state index in [9.17, 15) is 4.79 Å². The van der Waals surface area contributed by atoms with E-state index in [2.05, 4.69) is 13.0 Å². The molecule has 5 nitrogen and oxygen atoms in total. The molecular weight excluding hydrogens is 376 g/mol. The minimum atomic E-state index is 0.0554. The maximum atomic E-state index is 13.1. The van der Waals surface area contributed by atoms with Crippen LogP contribution < -0.4 is 5.56 Å². The molecule has 0 aliphatic heterocycles. The monoisotopic (exact) mass is 398 g/mol. The van der Waals surface area contributed by atoms with Crippen molar-refractivity contribution in [3.05, 3.63) is 56.6 Å². The lowest BCUT2D eigenvalue weighted by Gasteiger charge is -2.15. The average Bonchev–Trinajstić information content (AvgIpc) is 3.15. The summed E-state index contributed by atoms with van der Waals surface area (Å²) in [6.45, 7) is 10.2. The summed E-state index contributed by atoms with van der Waals surface area (Å²) in [5.74, 6) is 0.676. The Kier molecular flexibility index (Phi) is 4.60. The quantitative estimate of drug-likeness (QED) is 0.362. The molecule has 0 bridgehead atoms. The first-order valence-electron chi connectivity index (χ1n) is 8.95. The molecule has 0 fully saturated rings. The van der Waals surface area contributed by atoms with Crippen molar-refractivity contribution < 1.29 is 0 Å². The van der Waals surface area contributed by atoms with Crippen LogP contribution in [0.3, 0.4) is 0 Å². The average molecular weight is 399 g/mol. The van der Waals surface area contributed by atoms with Crippen molar-refractivity contribution in [2.24, 2.45) is 0 Å². The minimum absolute atomic E-state index is 0.0554. The predicted octanol–water partition coefficient (Wildman–Crippen LogP) is 4.90. The summed E-state index contributed by atoms with van der Waals surface area (Å²) < 4.78 is 3.86. The molecule has 0 radical (unpaired) electrons. The van der Waals surface area contributed by atoms with Gasteiger partial charge >= 0.3 is 0 Å². The molecule has 0 unspecified atom stereocenters. The van der Waals surface area contributed by atoms with Crippen molar-refractivity contribution in [1.82, 2.24) is 18.9 Å². The molecule has 4 heterocycles. The van der Waals surface area contributed by atoms with Gasteiger partial charge in [0.25, 0.3) is 5.56 Å². The summed E-state index contributed by atoms with van der Waals surface area (Å²) in [4.78, 5) is 24.7. The first kappa shape index (κ1) is 18.3. The summed E-state index contributed by atoms with van der Waals surface area (Å²) in [6.07, 6.45) is 4.06. The summed E-state index contributed by atoms with van der Waals surface area (Å²) >= 11 is 3.17. The lowest BCUT2D eigenvalue weighted by molar-refractivity contribution is 0.519. The predicted molar refractivity (Wildman–Crippen MR) is 113 cm³/mol. The van der Waals surface area contributed by atoms with Gasteiger partial charge in [-0.15, -0.1) is 11.3 Å². The lowest BCUT2D eigenvalue weighted by atomic mass is 10.2. The molecule has 0 saturated heterocycles. The Morgan fingerprint density at radius 3 is 2.70 bits per heavy atom. The molecule has 0 aliphatic carbocycles. The van der Waals surface area contributed by atoms with Gasteiger partial charge in [-0.3, -0.25) is 9.36 Å². The maximum Gasteiger partial charge on any atom is 0.263 e. The third-order valence-corrected chi connectivity index (χ3v) is 6.88.